The summed E-state index contributed by atoms with van der Waals surface area (Å²) in [5, 5.41) is 0. The predicted molar refractivity (Wildman–Crippen MR) is 106 cm³/mol. The molecule has 3 atom stereocenters. The van der Waals surface area contributed by atoms with Gasteiger partial charge in [-0.05, 0) is 36.7 Å². The maximum absolute atomic E-state index is 13.3. The van der Waals surface area contributed by atoms with E-state index in [-0.39, 0.29) is 0 Å². The van der Waals surface area contributed by atoms with Gasteiger partial charge in [0.15, 0.2) is 0 Å². The van der Waals surface area contributed by atoms with Gasteiger partial charge >= 0.3 is 6.18 Å². The molecule has 2 N–H and O–H groups in total. The second-order valence-corrected chi connectivity index (χ2v) is 8.82. The van der Waals surface area contributed by atoms with E-state index in [1.54, 1.807) is 7.11 Å². The Morgan fingerprint density at radius 1 is 1.23 bits per heavy atom. The molecule has 6 nitrogen and oxygen atoms in total. The predicted octanol–water partition coefficient (Wildman–Crippen LogP) is 3.25. The van der Waals surface area contributed by atoms with Crippen LogP contribution in [0.15, 0.2) is 18.5 Å². The van der Waals surface area contributed by atoms with Crippen LogP contribution in [0.3, 0.4) is 0 Å². The standard InChI is InChI=1S/C21H26F3N5O/c1-30-5-4-28-9-14-15(10-28)19(14)29-11-17(27-18(29)6-12-2-3-12)13-7-16(21(22,23)24)20(25)26-8-13/h7-8,11-12,14-15,19H,2-6,9-10H2,1H3,(H2,25,26)/t14-,15+,19-. The number of anilines is 1. The molecular formula is C21H26F3N5O. The lowest BCUT2D eigenvalue weighted by molar-refractivity contribution is -0.137. The van der Waals surface area contributed by atoms with Crippen molar-refractivity contribution in [2.24, 2.45) is 17.8 Å². The van der Waals surface area contributed by atoms with Crippen molar-refractivity contribution < 1.29 is 17.9 Å². The molecule has 0 spiro atoms. The highest BCUT2D eigenvalue weighted by Crippen LogP contribution is 2.56. The Labute approximate surface area is 173 Å². The van der Waals surface area contributed by atoms with Crippen LogP contribution in [0.2, 0.25) is 0 Å². The van der Waals surface area contributed by atoms with Crippen molar-refractivity contribution in [3.05, 3.63) is 29.8 Å². The van der Waals surface area contributed by atoms with Crippen LogP contribution in [0.1, 0.15) is 30.3 Å². The first-order valence-corrected chi connectivity index (χ1v) is 10.5. The van der Waals surface area contributed by atoms with Gasteiger partial charge in [0.2, 0.25) is 0 Å². The molecule has 0 aromatic carbocycles. The van der Waals surface area contributed by atoms with Crippen LogP contribution in [0, 0.1) is 17.8 Å². The smallest absolute Gasteiger partial charge is 0.383 e. The van der Waals surface area contributed by atoms with Gasteiger partial charge in [-0.3, -0.25) is 0 Å². The second-order valence-electron chi connectivity index (χ2n) is 8.82. The molecule has 9 heteroatoms. The number of nitrogens with two attached hydrogens (primary N) is 1. The molecule has 2 saturated carbocycles. The molecule has 0 radical (unpaired) electrons. The normalized spacial score (nSPS) is 26.2. The molecule has 1 aliphatic heterocycles. The summed E-state index contributed by atoms with van der Waals surface area (Å²) in [4.78, 5) is 11.0. The summed E-state index contributed by atoms with van der Waals surface area (Å²) in [6.07, 6.45) is 2.06. The van der Waals surface area contributed by atoms with Crippen molar-refractivity contribution in [1.29, 1.82) is 0 Å². The Kier molecular flexibility index (Phi) is 4.77. The summed E-state index contributed by atoms with van der Waals surface area (Å²) in [7, 11) is 1.72. The van der Waals surface area contributed by atoms with Crippen LogP contribution >= 0.6 is 0 Å². The number of nitrogen functional groups attached to an aromatic ring is 1. The van der Waals surface area contributed by atoms with E-state index in [2.05, 4.69) is 14.5 Å². The van der Waals surface area contributed by atoms with E-state index >= 15 is 0 Å². The van der Waals surface area contributed by atoms with E-state index in [1.807, 2.05) is 6.20 Å². The molecule has 5 rings (SSSR count). The molecule has 2 aliphatic carbocycles. The highest BCUT2D eigenvalue weighted by Gasteiger charge is 2.57. The lowest BCUT2D eigenvalue weighted by Gasteiger charge is -2.20. The van der Waals surface area contributed by atoms with Gasteiger partial charge in [-0.1, -0.05) is 0 Å². The maximum Gasteiger partial charge on any atom is 0.419 e. The molecule has 0 amide bonds. The van der Waals surface area contributed by atoms with Crippen LogP contribution in [0.25, 0.3) is 11.3 Å². The van der Waals surface area contributed by atoms with Crippen LogP contribution in [0.4, 0.5) is 19.0 Å². The first-order chi connectivity index (χ1) is 14.3. The minimum absolute atomic E-state index is 0.361. The number of hydrogen-bond donors (Lipinski definition) is 1. The summed E-state index contributed by atoms with van der Waals surface area (Å²) in [5.74, 6) is 2.29. The van der Waals surface area contributed by atoms with Gasteiger partial charge in [0.1, 0.15) is 11.6 Å². The molecule has 2 aromatic rings. The highest BCUT2D eigenvalue weighted by molar-refractivity contribution is 5.62. The van der Waals surface area contributed by atoms with Gasteiger partial charge < -0.3 is 19.9 Å². The molecule has 0 bridgehead atoms. The number of imidazole rings is 1. The minimum atomic E-state index is -4.54. The Morgan fingerprint density at radius 3 is 2.60 bits per heavy atom. The zero-order valence-electron chi connectivity index (χ0n) is 16.9. The average molecular weight is 421 g/mol. The van der Waals surface area contributed by atoms with Gasteiger partial charge in [0.25, 0.3) is 0 Å². The number of alkyl halides is 3. The molecular weight excluding hydrogens is 395 g/mol. The number of ether oxygens (including phenoxy) is 1. The summed E-state index contributed by atoms with van der Waals surface area (Å²) in [5.41, 5.74) is 5.46. The van der Waals surface area contributed by atoms with Crippen LogP contribution in [0.5, 0.6) is 0 Å². The van der Waals surface area contributed by atoms with Crippen molar-refractivity contribution >= 4 is 5.82 Å². The minimum Gasteiger partial charge on any atom is -0.383 e. The number of hydrogen-bond acceptors (Lipinski definition) is 5. The number of halogens is 3. The maximum atomic E-state index is 13.3. The number of rotatable bonds is 7. The van der Waals surface area contributed by atoms with E-state index in [4.69, 9.17) is 15.5 Å². The summed E-state index contributed by atoms with van der Waals surface area (Å²) >= 11 is 0. The van der Waals surface area contributed by atoms with E-state index in [1.165, 1.54) is 19.0 Å². The number of aromatic nitrogens is 3. The van der Waals surface area contributed by atoms with Gasteiger partial charge in [-0.25, -0.2) is 9.97 Å². The van der Waals surface area contributed by atoms with Crippen molar-refractivity contribution in [2.45, 2.75) is 31.5 Å². The third-order valence-electron chi connectivity index (χ3n) is 6.65. The SMILES string of the molecule is COCCN1C[C@@H]2[C@H](C1)[C@@H]2n1cc(-c2cnc(N)c(C(F)(F)F)c2)nc1CC1CC1. The van der Waals surface area contributed by atoms with Crippen LogP contribution < -0.4 is 5.73 Å². The molecule has 3 heterocycles. The largest absolute Gasteiger partial charge is 0.419 e. The Hall–Kier alpha value is -2.13. The number of likely N-dealkylation sites (tertiary alicyclic amines) is 1. The van der Waals surface area contributed by atoms with Gasteiger partial charge in [-0.15, -0.1) is 0 Å². The monoisotopic (exact) mass is 421 g/mol. The summed E-state index contributed by atoms with van der Waals surface area (Å²) in [6, 6.07) is 1.46. The average Bonchev–Trinajstić information content (AvgIpc) is 3.54. The van der Waals surface area contributed by atoms with E-state index in [9.17, 15) is 13.2 Å². The lowest BCUT2D eigenvalue weighted by atomic mass is 10.1. The number of fused-ring (bicyclic) bond motifs is 1. The zero-order chi connectivity index (χ0) is 21.0. The van der Waals surface area contributed by atoms with Crippen LogP contribution in [-0.2, 0) is 17.3 Å². The summed E-state index contributed by atoms with van der Waals surface area (Å²) < 4.78 is 47.2. The fourth-order valence-corrected chi connectivity index (χ4v) is 4.80. The van der Waals surface area contributed by atoms with E-state index < -0.39 is 17.6 Å². The second kappa shape index (κ2) is 7.23. The molecule has 3 aliphatic rings. The number of piperidine rings is 1. The fraction of sp³-hybridized carbons (Fsp3) is 0.619. The third kappa shape index (κ3) is 3.69. The molecule has 3 fully saturated rings. The van der Waals surface area contributed by atoms with Crippen LogP contribution in [-0.4, -0.2) is 52.8 Å². The third-order valence-corrected chi connectivity index (χ3v) is 6.65. The van der Waals surface area contributed by atoms with Crippen molar-refractivity contribution in [3.63, 3.8) is 0 Å². The van der Waals surface area contributed by atoms with Gasteiger partial charge in [0.05, 0.1) is 17.9 Å². The quantitative estimate of drug-likeness (QED) is 0.743. The Balaban J connectivity index is 1.41. The van der Waals surface area contributed by atoms with Crippen molar-refractivity contribution in [2.75, 3.05) is 39.1 Å². The van der Waals surface area contributed by atoms with Crippen molar-refractivity contribution in [1.82, 2.24) is 19.4 Å². The van der Waals surface area contributed by atoms with E-state index in [0.717, 1.165) is 44.6 Å². The molecule has 1 saturated heterocycles. The summed E-state index contributed by atoms with van der Waals surface area (Å²) in [6.45, 7) is 3.75. The lowest BCUT2D eigenvalue weighted by Crippen LogP contribution is -2.28. The first-order valence-electron chi connectivity index (χ1n) is 10.5. The van der Waals surface area contributed by atoms with Gasteiger partial charge in [-0.2, -0.15) is 13.2 Å². The Morgan fingerprint density at radius 2 is 1.97 bits per heavy atom. The number of nitrogens with zero attached hydrogens (tertiary/aromatic N) is 4. The number of pyridine rings is 1. The first kappa shape index (κ1) is 19.8. The highest BCUT2D eigenvalue weighted by atomic mass is 19.4. The fourth-order valence-electron chi connectivity index (χ4n) is 4.80. The molecule has 30 heavy (non-hydrogen) atoms. The number of methoxy groups -OCH3 is 1. The topological polar surface area (TPSA) is 69.2 Å². The molecule has 162 valence electrons. The molecule has 2 aromatic heterocycles. The zero-order valence-corrected chi connectivity index (χ0v) is 16.9. The molecule has 0 unspecified atom stereocenters. The van der Waals surface area contributed by atoms with Gasteiger partial charge in [0, 0.05) is 57.2 Å². The van der Waals surface area contributed by atoms with E-state index in [0.29, 0.717) is 35.1 Å². The van der Waals surface area contributed by atoms with Crippen molar-refractivity contribution in [3.8, 4) is 11.3 Å². The Bertz CT molecular complexity index is 927.